The lowest BCUT2D eigenvalue weighted by molar-refractivity contribution is -0.131. The summed E-state index contributed by atoms with van der Waals surface area (Å²) >= 11 is 0. The van der Waals surface area contributed by atoms with Gasteiger partial charge in [0.2, 0.25) is 0 Å². The van der Waals surface area contributed by atoms with Crippen LogP contribution >= 0.6 is 0 Å². The third kappa shape index (κ3) is 4.75. The lowest BCUT2D eigenvalue weighted by Crippen LogP contribution is -2.49. The number of nitrogens with zero attached hydrogens (tertiary/aromatic N) is 1. The molecule has 7 nitrogen and oxygen atoms in total. The summed E-state index contributed by atoms with van der Waals surface area (Å²) in [6.07, 6.45) is 3.34. The minimum absolute atomic E-state index is 0.114. The van der Waals surface area contributed by atoms with Crippen LogP contribution in [0.5, 0.6) is 0 Å². The highest BCUT2D eigenvalue weighted by Crippen LogP contribution is 2.36. The van der Waals surface area contributed by atoms with Crippen LogP contribution in [0.3, 0.4) is 0 Å². The molecule has 1 saturated carbocycles. The average molecular weight is 447 g/mol. The maximum atomic E-state index is 14.5. The van der Waals surface area contributed by atoms with Gasteiger partial charge in [0.15, 0.2) is 14.6 Å². The molecular formula is C22H23FN2O5S. The number of carbonyl (C=O) groups is 1. The maximum Gasteiger partial charge on any atom is 0.264 e. The molecule has 1 fully saturated rings. The van der Waals surface area contributed by atoms with Crippen molar-refractivity contribution in [2.24, 2.45) is 11.8 Å². The number of aryl methyl sites for hydroxylation is 1. The summed E-state index contributed by atoms with van der Waals surface area (Å²) in [5.41, 5.74) is 2.13. The van der Waals surface area contributed by atoms with E-state index in [2.05, 4.69) is 23.7 Å². The number of hydroxylamine groups is 1. The minimum atomic E-state index is -3.82. The molecule has 2 aromatic rings. The van der Waals surface area contributed by atoms with Crippen LogP contribution in [0, 0.1) is 41.3 Å². The Morgan fingerprint density at radius 1 is 1.39 bits per heavy atom. The molecule has 1 heterocycles. The number of carbonyl (C=O) groups excluding carboxylic acids is 1. The van der Waals surface area contributed by atoms with Crippen LogP contribution in [0.1, 0.15) is 25.3 Å². The molecule has 164 valence electrons. The number of halogens is 1. The van der Waals surface area contributed by atoms with E-state index >= 15 is 0 Å². The van der Waals surface area contributed by atoms with E-state index in [-0.39, 0.29) is 37.0 Å². The largest absolute Gasteiger partial charge is 0.396 e. The normalized spacial score (nSPS) is 19.5. The van der Waals surface area contributed by atoms with E-state index < -0.39 is 26.3 Å². The Morgan fingerprint density at radius 3 is 2.74 bits per heavy atom. The van der Waals surface area contributed by atoms with Gasteiger partial charge < -0.3 is 9.67 Å². The van der Waals surface area contributed by atoms with Gasteiger partial charge in [0, 0.05) is 36.9 Å². The van der Waals surface area contributed by atoms with E-state index in [4.69, 9.17) is 10.3 Å². The van der Waals surface area contributed by atoms with Gasteiger partial charge in [-0.15, -0.1) is 0 Å². The van der Waals surface area contributed by atoms with Crippen LogP contribution in [0.4, 0.5) is 4.39 Å². The molecule has 0 saturated heterocycles. The SMILES string of the molecule is CC(CCn1ccc2cc(C#CC#CC3CC3CO)c(F)cc21)(C(=O)NO)S(C)(=O)=O. The molecular weight excluding hydrogens is 423 g/mol. The Morgan fingerprint density at radius 2 is 2.13 bits per heavy atom. The molecule has 9 heteroatoms. The molecule has 1 amide bonds. The lowest BCUT2D eigenvalue weighted by Gasteiger charge is -2.25. The molecule has 0 radical (unpaired) electrons. The highest BCUT2D eigenvalue weighted by molar-refractivity contribution is 7.92. The van der Waals surface area contributed by atoms with Crippen LogP contribution in [-0.2, 0) is 21.2 Å². The van der Waals surface area contributed by atoms with Crippen LogP contribution in [0.15, 0.2) is 24.4 Å². The van der Waals surface area contributed by atoms with Crippen molar-refractivity contribution in [1.82, 2.24) is 10.0 Å². The summed E-state index contributed by atoms with van der Waals surface area (Å²) in [7, 11) is -3.82. The molecule has 3 N–H and O–H groups in total. The lowest BCUT2D eigenvalue weighted by atomic mass is 10.1. The summed E-state index contributed by atoms with van der Waals surface area (Å²) < 4.78 is 38.6. The van der Waals surface area contributed by atoms with Gasteiger partial charge in [0.1, 0.15) is 5.82 Å². The fourth-order valence-corrected chi connectivity index (χ4v) is 4.12. The highest BCUT2D eigenvalue weighted by atomic mass is 32.2. The quantitative estimate of drug-likeness (QED) is 0.354. The number of benzene rings is 1. The Bertz CT molecular complexity index is 1250. The van der Waals surface area contributed by atoms with Crippen LogP contribution in [0.25, 0.3) is 10.9 Å². The number of amides is 1. The zero-order valence-corrected chi connectivity index (χ0v) is 18.0. The summed E-state index contributed by atoms with van der Waals surface area (Å²) in [5.74, 6) is 9.78. The zero-order chi connectivity index (χ0) is 22.8. The number of aliphatic hydroxyl groups is 1. The number of hydrogen-bond donors (Lipinski definition) is 3. The van der Waals surface area contributed by atoms with Gasteiger partial charge in [-0.1, -0.05) is 5.92 Å². The fourth-order valence-electron chi connectivity index (χ4n) is 3.28. The molecule has 3 unspecified atom stereocenters. The van der Waals surface area contributed by atoms with Gasteiger partial charge in [-0.3, -0.25) is 10.0 Å². The molecule has 1 aromatic heterocycles. The third-order valence-corrected chi connectivity index (χ3v) is 7.79. The van der Waals surface area contributed by atoms with Crippen molar-refractivity contribution < 1.29 is 27.9 Å². The molecule has 0 bridgehead atoms. The van der Waals surface area contributed by atoms with E-state index in [1.54, 1.807) is 22.9 Å². The number of sulfone groups is 1. The third-order valence-electron chi connectivity index (χ3n) is 5.76. The van der Waals surface area contributed by atoms with Crippen LogP contribution in [0.2, 0.25) is 0 Å². The fraction of sp³-hybridized carbons (Fsp3) is 0.409. The summed E-state index contributed by atoms with van der Waals surface area (Å²) in [4.78, 5) is 12.0. The van der Waals surface area contributed by atoms with E-state index in [1.165, 1.54) is 18.5 Å². The predicted molar refractivity (Wildman–Crippen MR) is 113 cm³/mol. The van der Waals surface area contributed by atoms with E-state index in [9.17, 15) is 17.6 Å². The van der Waals surface area contributed by atoms with Gasteiger partial charge in [-0.2, -0.15) is 0 Å². The summed E-state index contributed by atoms with van der Waals surface area (Å²) in [6.45, 7) is 1.46. The van der Waals surface area contributed by atoms with Crippen molar-refractivity contribution in [3.05, 3.63) is 35.8 Å². The van der Waals surface area contributed by atoms with Crippen molar-refractivity contribution in [2.45, 2.75) is 31.1 Å². The number of fused-ring (bicyclic) bond motifs is 1. The molecule has 1 aliphatic rings. The average Bonchev–Trinajstić information content (AvgIpc) is 3.39. The molecule has 31 heavy (non-hydrogen) atoms. The molecule has 0 aliphatic heterocycles. The summed E-state index contributed by atoms with van der Waals surface area (Å²) in [6, 6.07) is 4.63. The van der Waals surface area contributed by atoms with Gasteiger partial charge in [-0.25, -0.2) is 18.3 Å². The summed E-state index contributed by atoms with van der Waals surface area (Å²) in [5, 5.41) is 18.6. The number of hydrogen-bond acceptors (Lipinski definition) is 5. The monoisotopic (exact) mass is 446 g/mol. The first-order chi connectivity index (χ1) is 14.6. The zero-order valence-electron chi connectivity index (χ0n) is 17.1. The van der Waals surface area contributed by atoms with Crippen molar-refractivity contribution in [3.8, 4) is 23.7 Å². The van der Waals surface area contributed by atoms with Crippen molar-refractivity contribution >= 4 is 26.6 Å². The van der Waals surface area contributed by atoms with E-state index in [0.717, 1.165) is 12.7 Å². The molecule has 3 atom stereocenters. The van der Waals surface area contributed by atoms with E-state index in [0.29, 0.717) is 10.9 Å². The van der Waals surface area contributed by atoms with Crippen LogP contribution in [-0.4, -0.2) is 46.8 Å². The second-order valence-corrected chi connectivity index (χ2v) is 10.3. The predicted octanol–water partition coefficient (Wildman–Crippen LogP) is 1.46. The number of aliphatic hydroxyl groups excluding tert-OH is 1. The first-order valence-corrected chi connectivity index (χ1v) is 11.5. The number of nitrogens with one attached hydrogen (secondary N) is 1. The first-order valence-electron chi connectivity index (χ1n) is 9.65. The Labute approximate surface area is 180 Å². The topological polar surface area (TPSA) is 109 Å². The van der Waals surface area contributed by atoms with Gasteiger partial charge in [-0.05, 0) is 61.6 Å². The second-order valence-electron chi connectivity index (χ2n) is 7.90. The first kappa shape index (κ1) is 22.8. The number of aromatic nitrogens is 1. The number of rotatable bonds is 6. The van der Waals surface area contributed by atoms with Gasteiger partial charge in [0.25, 0.3) is 5.91 Å². The smallest absolute Gasteiger partial charge is 0.264 e. The standard InChI is InChI=1S/C22H23FN2O5S/c1-22(21(27)24-28,31(2,29)30)8-10-25-9-7-17-12-16(19(23)13-20(17)25)6-4-3-5-15-11-18(15)14-26/h7,9,12-13,15,18,26,28H,8,10-11,14H2,1-2H3,(H,24,27). The second kappa shape index (κ2) is 8.72. The van der Waals surface area contributed by atoms with Gasteiger partial charge >= 0.3 is 0 Å². The molecule has 1 aromatic carbocycles. The van der Waals surface area contributed by atoms with Crippen molar-refractivity contribution in [1.29, 1.82) is 0 Å². The molecule has 0 spiro atoms. The van der Waals surface area contributed by atoms with Crippen LogP contribution < -0.4 is 5.48 Å². The van der Waals surface area contributed by atoms with Crippen molar-refractivity contribution in [2.75, 3.05) is 12.9 Å². The van der Waals surface area contributed by atoms with Gasteiger partial charge in [0.05, 0.1) is 11.1 Å². The van der Waals surface area contributed by atoms with E-state index in [1.807, 2.05) is 0 Å². The van der Waals surface area contributed by atoms with Crippen molar-refractivity contribution in [3.63, 3.8) is 0 Å². The maximum absolute atomic E-state index is 14.5. The molecule has 1 aliphatic carbocycles. The minimum Gasteiger partial charge on any atom is -0.396 e. The Balaban J connectivity index is 1.80. The highest BCUT2D eigenvalue weighted by Gasteiger charge is 2.43. The Hall–Kier alpha value is -2.85. The Kier molecular flexibility index (Phi) is 6.42. The molecule has 3 rings (SSSR count).